The van der Waals surface area contributed by atoms with Gasteiger partial charge < -0.3 is 5.73 Å². The number of hydrogen-bond donors (Lipinski definition) is 1. The van der Waals surface area contributed by atoms with Crippen molar-refractivity contribution in [3.05, 3.63) is 41.3 Å². The number of imidazole rings is 1. The molecule has 2 heterocycles. The fourth-order valence-electron chi connectivity index (χ4n) is 2.36. The third-order valence-corrected chi connectivity index (χ3v) is 3.47. The van der Waals surface area contributed by atoms with Crippen LogP contribution in [-0.2, 0) is 6.18 Å². The van der Waals surface area contributed by atoms with Gasteiger partial charge in [0.1, 0.15) is 5.52 Å². The number of alkyl halides is 3. The van der Waals surface area contributed by atoms with E-state index in [1.165, 1.54) is 24.5 Å². The van der Waals surface area contributed by atoms with Crippen LogP contribution in [0.3, 0.4) is 0 Å². The quantitative estimate of drug-likeness (QED) is 0.728. The van der Waals surface area contributed by atoms with E-state index in [-0.39, 0.29) is 28.6 Å². The molecular weight excluding hydrogens is 323 g/mol. The van der Waals surface area contributed by atoms with E-state index >= 15 is 0 Å². The first-order valence-corrected chi connectivity index (χ1v) is 6.89. The highest BCUT2D eigenvalue weighted by molar-refractivity contribution is 5.94. The average molecular weight is 335 g/mol. The van der Waals surface area contributed by atoms with Gasteiger partial charge in [-0.05, 0) is 26.0 Å². The largest absolute Gasteiger partial charge is 0.451 e. The van der Waals surface area contributed by atoms with Gasteiger partial charge in [-0.3, -0.25) is 9.36 Å². The summed E-state index contributed by atoms with van der Waals surface area (Å²) in [6, 6.07) is 6.33. The number of ketones is 1. The summed E-state index contributed by atoms with van der Waals surface area (Å²) in [7, 11) is 0. The Kier molecular flexibility index (Phi) is 3.51. The maximum atomic E-state index is 13.0. The summed E-state index contributed by atoms with van der Waals surface area (Å²) in [5.41, 5.74) is 6.84. The second kappa shape index (κ2) is 5.29. The fraction of sp³-hybridized carbons (Fsp3) is 0.200. The number of nitrogens with zero attached hydrogens (tertiary/aromatic N) is 4. The summed E-state index contributed by atoms with van der Waals surface area (Å²) in [6.45, 7) is 2.80. The lowest BCUT2D eigenvalue weighted by Crippen LogP contribution is -2.13. The number of Topliss-reactive ketones (excluding diaryl/α,β-unsaturated/α-hetero) is 1. The Morgan fingerprint density at radius 1 is 1.21 bits per heavy atom. The Morgan fingerprint density at radius 2 is 1.92 bits per heavy atom. The molecule has 0 saturated carbocycles. The third kappa shape index (κ3) is 2.57. The Morgan fingerprint density at radius 3 is 2.54 bits per heavy atom. The smallest absolute Gasteiger partial charge is 0.369 e. The maximum Gasteiger partial charge on any atom is 0.451 e. The van der Waals surface area contributed by atoms with Gasteiger partial charge in [-0.2, -0.15) is 13.2 Å². The van der Waals surface area contributed by atoms with Crippen LogP contribution in [0, 0.1) is 6.92 Å². The van der Waals surface area contributed by atoms with Gasteiger partial charge in [0.15, 0.2) is 11.4 Å². The number of benzene rings is 1. The molecule has 0 atom stereocenters. The predicted molar refractivity (Wildman–Crippen MR) is 80.8 cm³/mol. The number of nitrogen functional groups attached to an aromatic ring is 1. The molecule has 0 radical (unpaired) electrons. The van der Waals surface area contributed by atoms with Crippen molar-refractivity contribution in [1.29, 1.82) is 0 Å². The highest BCUT2D eigenvalue weighted by atomic mass is 19.4. The molecule has 0 amide bonds. The topological polar surface area (TPSA) is 86.7 Å². The minimum Gasteiger partial charge on any atom is -0.369 e. The molecule has 3 aromatic rings. The zero-order valence-corrected chi connectivity index (χ0v) is 12.7. The minimum absolute atomic E-state index is 0.0394. The fourth-order valence-corrected chi connectivity index (χ4v) is 2.36. The van der Waals surface area contributed by atoms with Crippen LogP contribution in [0.1, 0.15) is 28.8 Å². The summed E-state index contributed by atoms with van der Waals surface area (Å²) < 4.78 is 40.2. The summed E-state index contributed by atoms with van der Waals surface area (Å²) in [4.78, 5) is 22.6. The van der Waals surface area contributed by atoms with Crippen molar-refractivity contribution >= 4 is 22.9 Å². The Bertz CT molecular complexity index is 962. The van der Waals surface area contributed by atoms with Gasteiger partial charge >= 0.3 is 6.18 Å². The molecule has 2 aromatic heterocycles. The molecule has 0 unspecified atom stereocenters. The van der Waals surface area contributed by atoms with Gasteiger partial charge in [-0.15, -0.1) is 0 Å². The van der Waals surface area contributed by atoms with Crippen LogP contribution >= 0.6 is 0 Å². The SMILES string of the molecule is CC(=O)c1cccc(-n2c(N)nc3c(C)nc(C(F)(F)F)nc32)c1. The van der Waals surface area contributed by atoms with Crippen LogP contribution in [0.15, 0.2) is 24.3 Å². The molecule has 0 spiro atoms. The van der Waals surface area contributed by atoms with Crippen molar-refractivity contribution in [2.45, 2.75) is 20.0 Å². The molecular formula is C15H12F3N5O. The number of carbonyl (C=O) groups excluding carboxylic acids is 1. The maximum absolute atomic E-state index is 13.0. The number of aryl methyl sites for hydroxylation is 1. The van der Waals surface area contributed by atoms with Crippen LogP contribution in [0.5, 0.6) is 0 Å². The second-order valence-corrected chi connectivity index (χ2v) is 5.21. The lowest BCUT2D eigenvalue weighted by molar-refractivity contribution is -0.144. The Balaban J connectivity index is 2.32. The van der Waals surface area contributed by atoms with E-state index in [4.69, 9.17) is 5.73 Å². The molecule has 0 aliphatic carbocycles. The summed E-state index contributed by atoms with van der Waals surface area (Å²) in [5.74, 6) is -1.49. The summed E-state index contributed by atoms with van der Waals surface area (Å²) in [5, 5.41) is 0. The molecule has 0 aliphatic heterocycles. The van der Waals surface area contributed by atoms with Crippen molar-refractivity contribution in [3.63, 3.8) is 0 Å². The molecule has 0 saturated heterocycles. The lowest BCUT2D eigenvalue weighted by atomic mass is 10.1. The molecule has 3 rings (SSSR count). The number of halogens is 3. The van der Waals surface area contributed by atoms with Crippen molar-refractivity contribution in [1.82, 2.24) is 19.5 Å². The number of carbonyl (C=O) groups is 1. The minimum atomic E-state index is -4.69. The summed E-state index contributed by atoms with van der Waals surface area (Å²) in [6.07, 6.45) is -4.69. The number of hydrogen-bond acceptors (Lipinski definition) is 5. The monoisotopic (exact) mass is 335 g/mol. The van der Waals surface area contributed by atoms with E-state index in [9.17, 15) is 18.0 Å². The number of nitrogens with two attached hydrogens (primary N) is 1. The third-order valence-electron chi connectivity index (χ3n) is 3.47. The first kappa shape index (κ1) is 15.9. The molecule has 2 N–H and O–H groups in total. The van der Waals surface area contributed by atoms with Gasteiger partial charge in [0.25, 0.3) is 0 Å². The van der Waals surface area contributed by atoms with Gasteiger partial charge in [-0.25, -0.2) is 15.0 Å². The van der Waals surface area contributed by atoms with Crippen LogP contribution < -0.4 is 5.73 Å². The zero-order valence-electron chi connectivity index (χ0n) is 12.7. The number of rotatable bonds is 2. The molecule has 0 fully saturated rings. The van der Waals surface area contributed by atoms with Crippen LogP contribution in [0.25, 0.3) is 16.9 Å². The van der Waals surface area contributed by atoms with Crippen molar-refractivity contribution in [2.75, 3.05) is 5.73 Å². The standard InChI is InChI=1S/C15H12F3N5O/c1-7-11-12(22-13(20-7)15(16,17)18)23(14(19)21-11)10-5-3-4-9(6-10)8(2)24/h3-6H,1-2H3,(H2,19,21). The Labute approximate surface area is 134 Å². The number of anilines is 1. The van der Waals surface area contributed by atoms with Crippen molar-refractivity contribution in [3.8, 4) is 5.69 Å². The van der Waals surface area contributed by atoms with E-state index in [2.05, 4.69) is 15.0 Å². The van der Waals surface area contributed by atoms with E-state index < -0.39 is 12.0 Å². The lowest BCUT2D eigenvalue weighted by Gasteiger charge is -2.09. The van der Waals surface area contributed by atoms with Gasteiger partial charge in [0.2, 0.25) is 11.8 Å². The first-order valence-electron chi connectivity index (χ1n) is 6.89. The molecule has 1 aromatic carbocycles. The van der Waals surface area contributed by atoms with Crippen LogP contribution in [0.4, 0.5) is 19.1 Å². The average Bonchev–Trinajstić information content (AvgIpc) is 2.83. The first-order chi connectivity index (χ1) is 11.2. The van der Waals surface area contributed by atoms with Crippen LogP contribution in [0.2, 0.25) is 0 Å². The van der Waals surface area contributed by atoms with Crippen molar-refractivity contribution < 1.29 is 18.0 Å². The molecule has 24 heavy (non-hydrogen) atoms. The molecule has 0 bridgehead atoms. The van der Waals surface area contributed by atoms with E-state index in [0.717, 1.165) is 0 Å². The normalized spacial score (nSPS) is 11.9. The summed E-state index contributed by atoms with van der Waals surface area (Å²) >= 11 is 0. The van der Waals surface area contributed by atoms with E-state index in [1.807, 2.05) is 0 Å². The molecule has 6 nitrogen and oxygen atoms in total. The van der Waals surface area contributed by atoms with Gasteiger partial charge in [0, 0.05) is 5.56 Å². The highest BCUT2D eigenvalue weighted by Gasteiger charge is 2.36. The second-order valence-electron chi connectivity index (χ2n) is 5.21. The Hall–Kier alpha value is -2.97. The highest BCUT2D eigenvalue weighted by Crippen LogP contribution is 2.30. The number of fused-ring (bicyclic) bond motifs is 1. The van der Waals surface area contributed by atoms with Crippen LogP contribution in [-0.4, -0.2) is 25.3 Å². The van der Waals surface area contributed by atoms with E-state index in [1.54, 1.807) is 18.2 Å². The molecule has 124 valence electrons. The zero-order chi connectivity index (χ0) is 17.6. The van der Waals surface area contributed by atoms with Gasteiger partial charge in [-0.1, -0.05) is 12.1 Å². The van der Waals surface area contributed by atoms with Gasteiger partial charge in [0.05, 0.1) is 11.4 Å². The predicted octanol–water partition coefficient (Wildman–Crippen LogP) is 2.93. The molecule has 0 aliphatic rings. The van der Waals surface area contributed by atoms with Crippen molar-refractivity contribution in [2.24, 2.45) is 0 Å². The molecule has 9 heteroatoms. The van der Waals surface area contributed by atoms with E-state index in [0.29, 0.717) is 11.3 Å². The number of aromatic nitrogens is 4.